The van der Waals surface area contributed by atoms with Crippen LogP contribution in [0.1, 0.15) is 13.8 Å². The molecule has 0 aromatic rings. The molecule has 0 aromatic heterocycles. The number of allylic oxidation sites excluding steroid dienone is 4. The second kappa shape index (κ2) is 3.65. The van der Waals surface area contributed by atoms with Gasteiger partial charge in [-0.3, -0.25) is 4.79 Å². The second-order valence-corrected chi connectivity index (χ2v) is 4.72. The second-order valence-electron chi connectivity index (χ2n) is 3.53. The summed E-state index contributed by atoms with van der Waals surface area (Å²) in [7, 11) is 0. The van der Waals surface area contributed by atoms with E-state index in [0.717, 1.165) is 10.6 Å². The molecule has 2 atom stereocenters. The van der Waals surface area contributed by atoms with Crippen molar-refractivity contribution >= 4 is 17.5 Å². The molecule has 1 heterocycles. The van der Waals surface area contributed by atoms with Crippen LogP contribution in [0.3, 0.4) is 0 Å². The zero-order valence-electron chi connectivity index (χ0n) is 8.28. The fourth-order valence-electron chi connectivity index (χ4n) is 1.72. The zero-order valence-corrected chi connectivity index (χ0v) is 9.10. The number of Topliss-reactive ketones (excluding diaryl/α,β-unsaturated/α-hetero) is 1. The topological polar surface area (TPSA) is 29.1 Å². The molecule has 0 spiro atoms. The minimum atomic E-state index is 0.154. The van der Waals surface area contributed by atoms with Crippen molar-refractivity contribution in [2.75, 3.05) is 0 Å². The highest BCUT2D eigenvalue weighted by Crippen LogP contribution is 2.34. The lowest BCUT2D eigenvalue weighted by Gasteiger charge is -2.32. The molecule has 2 nitrogen and oxygen atoms in total. The van der Waals surface area contributed by atoms with Gasteiger partial charge in [0.2, 0.25) is 0 Å². The Kier molecular flexibility index (Phi) is 2.50. The number of nitrogens with one attached hydrogen (secondary N) is 1. The predicted molar refractivity (Wildman–Crippen MR) is 60.0 cm³/mol. The average Bonchev–Trinajstić information content (AvgIpc) is 2.16. The van der Waals surface area contributed by atoms with Crippen molar-refractivity contribution in [2.24, 2.45) is 0 Å². The number of thioether (sulfide) groups is 1. The molecule has 0 unspecified atom stereocenters. The molecule has 0 aromatic carbocycles. The lowest BCUT2D eigenvalue weighted by molar-refractivity contribution is -0.113. The molecule has 3 heteroatoms. The first kappa shape index (κ1) is 9.59. The van der Waals surface area contributed by atoms with Gasteiger partial charge in [0.1, 0.15) is 0 Å². The van der Waals surface area contributed by atoms with Gasteiger partial charge in [-0.15, -0.1) is 11.8 Å². The maximum Gasteiger partial charge on any atom is 0.167 e. The molecule has 0 saturated carbocycles. The van der Waals surface area contributed by atoms with Crippen LogP contribution in [0.4, 0.5) is 0 Å². The third-order valence-corrected chi connectivity index (χ3v) is 3.93. The van der Waals surface area contributed by atoms with Crippen LogP contribution in [0, 0.1) is 0 Å². The van der Waals surface area contributed by atoms with Crippen LogP contribution in [-0.2, 0) is 4.79 Å². The lowest BCUT2D eigenvalue weighted by atomic mass is 10.1. The number of rotatable bonds is 1. The van der Waals surface area contributed by atoms with Gasteiger partial charge in [-0.1, -0.05) is 24.3 Å². The van der Waals surface area contributed by atoms with E-state index < -0.39 is 0 Å². The van der Waals surface area contributed by atoms with Crippen molar-refractivity contribution in [3.8, 4) is 0 Å². The number of hydrogen-bond donors (Lipinski definition) is 1. The first-order chi connectivity index (χ1) is 6.68. The van der Waals surface area contributed by atoms with Gasteiger partial charge in [0, 0.05) is 5.70 Å². The van der Waals surface area contributed by atoms with Crippen molar-refractivity contribution in [3.05, 3.63) is 34.9 Å². The summed E-state index contributed by atoms with van der Waals surface area (Å²) >= 11 is 1.66. The first-order valence-electron chi connectivity index (χ1n) is 4.68. The van der Waals surface area contributed by atoms with Gasteiger partial charge < -0.3 is 5.32 Å². The number of carbonyl (C=O) groups excluding carboxylic acids is 1. The van der Waals surface area contributed by atoms with Gasteiger partial charge in [0.15, 0.2) is 5.78 Å². The Balaban J connectivity index is 2.27. The highest BCUT2D eigenvalue weighted by molar-refractivity contribution is 8.04. The quantitative estimate of drug-likeness (QED) is 0.713. The van der Waals surface area contributed by atoms with E-state index in [-0.39, 0.29) is 5.78 Å². The van der Waals surface area contributed by atoms with Gasteiger partial charge in [-0.25, -0.2) is 0 Å². The molecule has 14 heavy (non-hydrogen) atoms. The van der Waals surface area contributed by atoms with E-state index in [0.29, 0.717) is 11.3 Å². The summed E-state index contributed by atoms with van der Waals surface area (Å²) in [4.78, 5) is 12.2. The molecule has 2 aliphatic rings. The van der Waals surface area contributed by atoms with E-state index in [9.17, 15) is 4.79 Å². The third-order valence-electron chi connectivity index (χ3n) is 2.38. The number of carbonyl (C=O) groups is 1. The maximum absolute atomic E-state index is 11.3. The van der Waals surface area contributed by atoms with E-state index in [2.05, 4.69) is 17.5 Å². The van der Waals surface area contributed by atoms with Crippen molar-refractivity contribution in [1.82, 2.24) is 5.32 Å². The van der Waals surface area contributed by atoms with E-state index in [1.807, 2.05) is 19.1 Å². The fourth-order valence-corrected chi connectivity index (χ4v) is 2.87. The summed E-state index contributed by atoms with van der Waals surface area (Å²) in [5, 5.41) is 3.71. The normalized spacial score (nSPS) is 29.9. The van der Waals surface area contributed by atoms with Crippen molar-refractivity contribution < 1.29 is 4.79 Å². The van der Waals surface area contributed by atoms with Gasteiger partial charge >= 0.3 is 0 Å². The molecule has 0 saturated heterocycles. The molecule has 1 aliphatic heterocycles. The average molecular weight is 207 g/mol. The van der Waals surface area contributed by atoms with Gasteiger partial charge in [-0.05, 0) is 13.8 Å². The van der Waals surface area contributed by atoms with E-state index in [1.165, 1.54) is 0 Å². The Bertz CT molecular complexity index is 354. The largest absolute Gasteiger partial charge is 0.380 e. The van der Waals surface area contributed by atoms with E-state index in [4.69, 9.17) is 0 Å². The first-order valence-corrected chi connectivity index (χ1v) is 5.56. The molecule has 2 rings (SSSR count). The van der Waals surface area contributed by atoms with E-state index >= 15 is 0 Å². The molecule has 74 valence electrons. The summed E-state index contributed by atoms with van der Waals surface area (Å²) in [6, 6.07) is 0.341. The summed E-state index contributed by atoms with van der Waals surface area (Å²) in [5.41, 5.74) is 1.00. The van der Waals surface area contributed by atoms with Crippen LogP contribution >= 0.6 is 11.8 Å². The molecule has 1 aliphatic carbocycles. The van der Waals surface area contributed by atoms with Gasteiger partial charge in [-0.2, -0.15) is 0 Å². The Hall–Kier alpha value is -0.960. The van der Waals surface area contributed by atoms with Gasteiger partial charge in [0.25, 0.3) is 0 Å². The molecule has 0 radical (unpaired) electrons. The Labute approximate surface area is 88.1 Å². The monoisotopic (exact) mass is 207 g/mol. The Morgan fingerprint density at radius 2 is 2.14 bits per heavy atom. The van der Waals surface area contributed by atoms with Crippen molar-refractivity contribution in [1.29, 1.82) is 0 Å². The standard InChI is InChI=1S/C11H13NOS/c1-7-11(8(2)13)14-10-6-4-3-5-9(10)12-7/h3-6,9-10,12H,1-2H3/t9-,10+/m1/s1. The van der Waals surface area contributed by atoms with Crippen LogP contribution in [-0.4, -0.2) is 17.1 Å². The van der Waals surface area contributed by atoms with Gasteiger partial charge in [0.05, 0.1) is 16.2 Å². The Morgan fingerprint density at radius 3 is 2.86 bits per heavy atom. The minimum absolute atomic E-state index is 0.154. The van der Waals surface area contributed by atoms with Crippen LogP contribution in [0.5, 0.6) is 0 Å². The number of hydrogen-bond acceptors (Lipinski definition) is 3. The number of ketones is 1. The van der Waals surface area contributed by atoms with Crippen molar-refractivity contribution in [3.63, 3.8) is 0 Å². The SMILES string of the molecule is CC(=O)C1=C(C)N[C@@H]2C=CC=C[C@@H]2S1. The highest BCUT2D eigenvalue weighted by atomic mass is 32.2. The molecule has 1 N–H and O–H groups in total. The van der Waals surface area contributed by atoms with Crippen molar-refractivity contribution in [2.45, 2.75) is 25.1 Å². The zero-order chi connectivity index (χ0) is 10.1. The maximum atomic E-state index is 11.3. The van der Waals surface area contributed by atoms with Crippen LogP contribution in [0.2, 0.25) is 0 Å². The molecular formula is C11H13NOS. The van der Waals surface area contributed by atoms with Crippen LogP contribution in [0.25, 0.3) is 0 Å². The highest BCUT2D eigenvalue weighted by Gasteiger charge is 2.27. The molecular weight excluding hydrogens is 194 g/mol. The summed E-state index contributed by atoms with van der Waals surface area (Å²) in [5.74, 6) is 0.154. The van der Waals surface area contributed by atoms with Crippen LogP contribution < -0.4 is 5.32 Å². The molecule has 0 fully saturated rings. The Morgan fingerprint density at radius 1 is 1.43 bits per heavy atom. The predicted octanol–water partition coefficient (Wildman–Crippen LogP) is 2.01. The summed E-state index contributed by atoms with van der Waals surface area (Å²) in [6.07, 6.45) is 8.35. The minimum Gasteiger partial charge on any atom is -0.380 e. The lowest BCUT2D eigenvalue weighted by Crippen LogP contribution is -2.39. The molecule has 0 bridgehead atoms. The fraction of sp³-hybridized carbons (Fsp3) is 0.364. The third kappa shape index (κ3) is 1.64. The molecule has 0 amide bonds. The van der Waals surface area contributed by atoms with E-state index in [1.54, 1.807) is 18.7 Å². The summed E-state index contributed by atoms with van der Waals surface area (Å²) < 4.78 is 0. The van der Waals surface area contributed by atoms with Crippen LogP contribution in [0.15, 0.2) is 34.9 Å². The smallest absolute Gasteiger partial charge is 0.167 e. The number of fused-ring (bicyclic) bond motifs is 1. The summed E-state index contributed by atoms with van der Waals surface area (Å²) in [6.45, 7) is 3.59.